The number of benzene rings is 1. The number of amides is 1. The van der Waals surface area contributed by atoms with Crippen molar-refractivity contribution in [3.8, 4) is 0 Å². The Morgan fingerprint density at radius 1 is 1.35 bits per heavy atom. The fourth-order valence-electron chi connectivity index (χ4n) is 2.84. The van der Waals surface area contributed by atoms with Crippen molar-refractivity contribution in [3.63, 3.8) is 0 Å². The van der Waals surface area contributed by atoms with Crippen molar-refractivity contribution in [2.75, 3.05) is 27.2 Å². The number of carbonyl (C=O) groups is 1. The number of nitrogens with zero attached hydrogens (tertiary/aromatic N) is 3. The van der Waals surface area contributed by atoms with E-state index < -0.39 is 0 Å². The van der Waals surface area contributed by atoms with Crippen LogP contribution >= 0.6 is 0 Å². The average Bonchev–Trinajstić information content (AvgIpc) is 2.94. The first-order valence-electron chi connectivity index (χ1n) is 7.04. The Hall–Kier alpha value is -1.88. The smallest absolute Gasteiger partial charge is 0.253 e. The maximum Gasteiger partial charge on any atom is 0.253 e. The highest BCUT2D eigenvalue weighted by molar-refractivity contribution is 5.97. The summed E-state index contributed by atoms with van der Waals surface area (Å²) in [5.74, 6) is 0.124. The quantitative estimate of drug-likeness (QED) is 0.906. The van der Waals surface area contributed by atoms with E-state index in [2.05, 4.69) is 29.2 Å². The van der Waals surface area contributed by atoms with Crippen LogP contribution in [0.15, 0.2) is 24.4 Å². The van der Waals surface area contributed by atoms with Crippen LogP contribution in [0.4, 0.5) is 0 Å². The second kappa shape index (κ2) is 5.25. The van der Waals surface area contributed by atoms with Gasteiger partial charge in [-0.15, -0.1) is 0 Å². The Kier molecular flexibility index (Phi) is 3.44. The van der Waals surface area contributed by atoms with E-state index in [0.717, 1.165) is 42.4 Å². The molecule has 1 aromatic carbocycles. The molecular weight excluding hydrogens is 252 g/mol. The molecule has 0 atom stereocenters. The van der Waals surface area contributed by atoms with E-state index in [1.807, 2.05) is 23.1 Å². The van der Waals surface area contributed by atoms with E-state index in [1.165, 1.54) is 0 Å². The van der Waals surface area contributed by atoms with Crippen LogP contribution in [-0.4, -0.2) is 59.1 Å². The monoisotopic (exact) mass is 272 g/mol. The van der Waals surface area contributed by atoms with Crippen molar-refractivity contribution in [1.29, 1.82) is 0 Å². The van der Waals surface area contributed by atoms with Gasteiger partial charge in [0.2, 0.25) is 0 Å². The molecular formula is C15H20N4O. The molecule has 106 valence electrons. The third-order valence-electron chi connectivity index (χ3n) is 4.17. The summed E-state index contributed by atoms with van der Waals surface area (Å²) < 4.78 is 0. The zero-order chi connectivity index (χ0) is 14.1. The molecule has 5 nitrogen and oxygen atoms in total. The molecule has 1 N–H and O–H groups in total. The fraction of sp³-hybridized carbons (Fsp3) is 0.467. The van der Waals surface area contributed by atoms with Gasteiger partial charge in [0.05, 0.1) is 11.7 Å². The van der Waals surface area contributed by atoms with Gasteiger partial charge in [0, 0.05) is 30.1 Å². The van der Waals surface area contributed by atoms with Gasteiger partial charge in [-0.25, -0.2) is 0 Å². The summed E-state index contributed by atoms with van der Waals surface area (Å²) in [4.78, 5) is 16.7. The van der Waals surface area contributed by atoms with Gasteiger partial charge in [-0.2, -0.15) is 5.10 Å². The zero-order valence-electron chi connectivity index (χ0n) is 12.0. The van der Waals surface area contributed by atoms with Gasteiger partial charge < -0.3 is 9.80 Å². The first-order chi connectivity index (χ1) is 9.65. The molecule has 2 heterocycles. The summed E-state index contributed by atoms with van der Waals surface area (Å²) in [7, 11) is 4.21. The number of hydrogen-bond acceptors (Lipinski definition) is 3. The van der Waals surface area contributed by atoms with Crippen LogP contribution in [0, 0.1) is 0 Å². The Morgan fingerprint density at radius 3 is 2.80 bits per heavy atom. The molecule has 0 radical (unpaired) electrons. The summed E-state index contributed by atoms with van der Waals surface area (Å²) in [6.07, 6.45) is 3.86. The van der Waals surface area contributed by atoms with Crippen LogP contribution in [0.1, 0.15) is 23.2 Å². The number of carbonyl (C=O) groups excluding carboxylic acids is 1. The van der Waals surface area contributed by atoms with Crippen LogP contribution in [0.5, 0.6) is 0 Å². The average molecular weight is 272 g/mol. The van der Waals surface area contributed by atoms with E-state index in [1.54, 1.807) is 6.20 Å². The lowest BCUT2D eigenvalue weighted by Crippen LogP contribution is -2.44. The fourth-order valence-corrected chi connectivity index (χ4v) is 2.84. The molecule has 0 aliphatic carbocycles. The van der Waals surface area contributed by atoms with Gasteiger partial charge in [-0.1, -0.05) is 6.07 Å². The van der Waals surface area contributed by atoms with E-state index in [0.29, 0.717) is 6.04 Å². The molecule has 3 rings (SSSR count). The van der Waals surface area contributed by atoms with Gasteiger partial charge >= 0.3 is 0 Å². The Labute approximate surface area is 118 Å². The van der Waals surface area contributed by atoms with Crippen LogP contribution in [0.2, 0.25) is 0 Å². The largest absolute Gasteiger partial charge is 0.339 e. The lowest BCUT2D eigenvalue weighted by atomic mass is 10.0. The predicted octanol–water partition coefficient (Wildman–Crippen LogP) is 1.73. The third-order valence-corrected chi connectivity index (χ3v) is 4.17. The standard InChI is InChI=1S/C15H20N4O/c1-18(2)13-5-7-19(8-6-13)15(20)11-3-4-12-10-16-17-14(12)9-11/h3-4,9-10,13H,5-8H2,1-2H3,(H,16,17). The number of hydrogen-bond donors (Lipinski definition) is 1. The number of piperidine rings is 1. The first-order valence-corrected chi connectivity index (χ1v) is 7.04. The molecule has 2 aromatic rings. The zero-order valence-corrected chi connectivity index (χ0v) is 12.0. The molecule has 0 bridgehead atoms. The van der Waals surface area contributed by atoms with Crippen LogP contribution in [0.3, 0.4) is 0 Å². The van der Waals surface area contributed by atoms with Gasteiger partial charge in [0.1, 0.15) is 0 Å². The summed E-state index contributed by atoms with van der Waals surface area (Å²) in [6.45, 7) is 1.67. The van der Waals surface area contributed by atoms with E-state index in [4.69, 9.17) is 0 Å². The SMILES string of the molecule is CN(C)C1CCN(C(=O)c2ccc3cn[nH]c3c2)CC1. The van der Waals surface area contributed by atoms with Crippen molar-refractivity contribution >= 4 is 16.8 Å². The van der Waals surface area contributed by atoms with Crippen molar-refractivity contribution < 1.29 is 4.79 Å². The van der Waals surface area contributed by atoms with Crippen molar-refractivity contribution in [2.24, 2.45) is 0 Å². The Balaban J connectivity index is 1.73. The summed E-state index contributed by atoms with van der Waals surface area (Å²) in [6, 6.07) is 6.31. The minimum atomic E-state index is 0.124. The highest BCUT2D eigenvalue weighted by atomic mass is 16.2. The van der Waals surface area contributed by atoms with E-state index in [-0.39, 0.29) is 5.91 Å². The van der Waals surface area contributed by atoms with E-state index in [9.17, 15) is 4.79 Å². The molecule has 0 saturated carbocycles. The number of rotatable bonds is 2. The normalized spacial score (nSPS) is 17.1. The maximum absolute atomic E-state index is 12.5. The minimum Gasteiger partial charge on any atom is -0.339 e. The molecule has 1 aliphatic heterocycles. The van der Waals surface area contributed by atoms with Crippen molar-refractivity contribution in [3.05, 3.63) is 30.0 Å². The molecule has 1 saturated heterocycles. The number of fused-ring (bicyclic) bond motifs is 1. The van der Waals surface area contributed by atoms with Crippen molar-refractivity contribution in [1.82, 2.24) is 20.0 Å². The topological polar surface area (TPSA) is 52.2 Å². The Morgan fingerprint density at radius 2 is 2.10 bits per heavy atom. The van der Waals surface area contributed by atoms with Crippen LogP contribution < -0.4 is 0 Å². The predicted molar refractivity (Wildman–Crippen MR) is 78.7 cm³/mol. The summed E-state index contributed by atoms with van der Waals surface area (Å²) >= 11 is 0. The number of nitrogens with one attached hydrogen (secondary N) is 1. The first kappa shape index (κ1) is 13.1. The maximum atomic E-state index is 12.5. The molecule has 1 amide bonds. The van der Waals surface area contributed by atoms with E-state index >= 15 is 0 Å². The summed E-state index contributed by atoms with van der Waals surface area (Å²) in [5, 5.41) is 7.94. The lowest BCUT2D eigenvalue weighted by Gasteiger charge is -2.35. The second-order valence-corrected chi connectivity index (χ2v) is 5.66. The number of aromatic nitrogens is 2. The van der Waals surface area contributed by atoms with Crippen LogP contribution in [-0.2, 0) is 0 Å². The molecule has 1 fully saturated rings. The third kappa shape index (κ3) is 2.41. The minimum absolute atomic E-state index is 0.124. The van der Waals surface area contributed by atoms with Gasteiger partial charge in [0.25, 0.3) is 5.91 Å². The molecule has 20 heavy (non-hydrogen) atoms. The second-order valence-electron chi connectivity index (χ2n) is 5.66. The summed E-state index contributed by atoms with van der Waals surface area (Å²) in [5.41, 5.74) is 1.66. The molecule has 0 spiro atoms. The highest BCUT2D eigenvalue weighted by Crippen LogP contribution is 2.19. The van der Waals surface area contributed by atoms with Gasteiger partial charge in [-0.3, -0.25) is 9.89 Å². The van der Waals surface area contributed by atoms with Gasteiger partial charge in [-0.05, 0) is 39.1 Å². The molecule has 0 unspecified atom stereocenters. The molecule has 1 aliphatic rings. The Bertz CT molecular complexity index is 611. The number of aromatic amines is 1. The van der Waals surface area contributed by atoms with Gasteiger partial charge in [0.15, 0.2) is 0 Å². The van der Waals surface area contributed by atoms with Crippen LogP contribution in [0.25, 0.3) is 10.9 Å². The highest BCUT2D eigenvalue weighted by Gasteiger charge is 2.24. The number of H-pyrrole nitrogens is 1. The lowest BCUT2D eigenvalue weighted by molar-refractivity contribution is 0.0663. The molecule has 1 aromatic heterocycles. The van der Waals surface area contributed by atoms with Crippen molar-refractivity contribution in [2.45, 2.75) is 18.9 Å². The number of likely N-dealkylation sites (tertiary alicyclic amines) is 1. The molecule has 5 heteroatoms.